The van der Waals surface area contributed by atoms with Gasteiger partial charge < -0.3 is 55.1 Å². The normalized spacial score (nSPS) is 11.2. The Kier molecular flexibility index (Phi) is 18.4. The predicted molar refractivity (Wildman–Crippen MR) is 309 cm³/mol. The molecule has 0 saturated carbocycles. The lowest BCUT2D eigenvalue weighted by atomic mass is 10.0. The van der Waals surface area contributed by atoms with Crippen LogP contribution in [-0.4, -0.2) is 107 Å². The number of methoxy groups -OCH3 is 1. The van der Waals surface area contributed by atoms with Gasteiger partial charge in [-0.05, 0) is 110 Å². The molecule has 4 heterocycles. The highest BCUT2D eigenvalue weighted by Crippen LogP contribution is 2.33. The number of aromatic nitrogens is 3. The molecule has 5 aromatic carbocycles. The molecule has 0 aliphatic heterocycles. The number of aliphatic imine (C=N–C) groups is 1. The summed E-state index contributed by atoms with van der Waals surface area (Å²) in [7, 11) is 1.19. The van der Waals surface area contributed by atoms with Crippen molar-refractivity contribution in [2.45, 2.75) is 19.9 Å². The first-order valence-corrected chi connectivity index (χ1v) is 26.2. The van der Waals surface area contributed by atoms with E-state index in [0.717, 1.165) is 6.07 Å². The van der Waals surface area contributed by atoms with Crippen LogP contribution < -0.4 is 36.5 Å². The molecule has 9 rings (SSSR count). The Labute approximate surface area is 491 Å². The van der Waals surface area contributed by atoms with Crippen molar-refractivity contribution in [1.29, 1.82) is 0 Å². The molecule has 87 heavy (non-hydrogen) atoms. The summed E-state index contributed by atoms with van der Waals surface area (Å²) >= 11 is 0. The molecule has 0 radical (unpaired) electrons. The number of rotatable bonds is 23. The summed E-state index contributed by atoms with van der Waals surface area (Å²) in [6.45, 7) is 0.541. The number of benzene rings is 5. The van der Waals surface area contributed by atoms with Crippen LogP contribution in [0.5, 0.6) is 11.5 Å². The average molecular weight is 1190 g/mol. The van der Waals surface area contributed by atoms with Crippen LogP contribution in [0, 0.1) is 6.92 Å². The van der Waals surface area contributed by atoms with Crippen LogP contribution >= 0.6 is 0 Å². The number of fused-ring (bicyclic) bond motifs is 2. The van der Waals surface area contributed by atoms with Crippen LogP contribution in [0.25, 0.3) is 11.0 Å². The average Bonchev–Trinajstić information content (AvgIpc) is 2.04. The number of ether oxygens (including phenoxy) is 5. The van der Waals surface area contributed by atoms with Gasteiger partial charge in [-0.15, -0.1) is 13.2 Å². The highest BCUT2D eigenvalue weighted by Gasteiger charge is 2.30. The molecule has 0 saturated heterocycles. The Balaban J connectivity index is 0.755. The number of amides is 4. The van der Waals surface area contributed by atoms with E-state index in [1.807, 2.05) is 0 Å². The Morgan fingerprint density at radius 2 is 1.21 bits per heavy atom. The third kappa shape index (κ3) is 14.6. The second-order valence-corrected chi connectivity index (χ2v) is 18.8. The summed E-state index contributed by atoms with van der Waals surface area (Å²) in [6.07, 6.45) is -1.74. The zero-order valence-corrected chi connectivity index (χ0v) is 46.0. The highest BCUT2D eigenvalue weighted by molar-refractivity contribution is 6.15. The maximum atomic E-state index is 14.4. The third-order valence-corrected chi connectivity index (χ3v) is 13.0. The molecule has 4 aromatic heterocycles. The maximum Gasteiger partial charge on any atom is 0.573 e. The van der Waals surface area contributed by atoms with Crippen LogP contribution in [0.2, 0.25) is 0 Å². The minimum atomic E-state index is -5.05. The van der Waals surface area contributed by atoms with Crippen LogP contribution in [0.15, 0.2) is 169 Å². The fourth-order valence-corrected chi connectivity index (χ4v) is 8.83. The van der Waals surface area contributed by atoms with Crippen molar-refractivity contribution in [2.75, 3.05) is 49.8 Å². The number of pyridine rings is 2. The summed E-state index contributed by atoms with van der Waals surface area (Å²) < 4.78 is 66.6. The van der Waals surface area contributed by atoms with Gasteiger partial charge in [0.05, 0.1) is 46.3 Å². The number of nitrogens with one attached hydrogen (secondary N) is 4. The van der Waals surface area contributed by atoms with Crippen LogP contribution in [0.1, 0.15) is 84.8 Å². The molecule has 25 heteroatoms. The molecule has 0 atom stereocenters. The molecule has 0 aliphatic carbocycles. The molecule has 0 unspecified atom stereocenters. The van der Waals surface area contributed by atoms with Gasteiger partial charge in [-0.3, -0.25) is 33.2 Å². The molecule has 0 bridgehead atoms. The number of hydrogen-bond donors (Lipinski definition) is 5. The first kappa shape index (κ1) is 60.0. The summed E-state index contributed by atoms with van der Waals surface area (Å²) in [5.74, 6) is -4.79. The molecular formula is C62H50F3N9O13. The highest BCUT2D eigenvalue weighted by atomic mass is 19.4. The monoisotopic (exact) mass is 1190 g/mol. The standard InChI is InChI=1S/C62H50F3N9O13/c1-36-52(48-18-6-8-26-73(48)53(36)54(77)38-21-23-47(69-35-87-62(63,64)65)45(31-38)61(82)86-32-37-12-4-3-5-13-37)70-58(79)40-14-10-16-42(28-40)84-33-50(75)67-24-25-68-51(76)34-85-43-17-11-15-41(29-43)59(80)72-56-49-19-7-9-27-74(49)57(71-56)55(78)39-20-22-46(66)44(30-39)60(81)83-2/h3-23,26-31,35H,24-25,32-34,66H2,1-2H3,(H,67,75)(H,68,76)(H,70,79)(H,72,80)/b69-35-. The minimum Gasteiger partial charge on any atom is -0.484 e. The second-order valence-electron chi connectivity index (χ2n) is 18.8. The minimum absolute atomic E-state index is 0.00167. The van der Waals surface area contributed by atoms with Gasteiger partial charge in [-0.2, -0.15) is 0 Å². The number of nitrogens with zero attached hydrogens (tertiary/aromatic N) is 4. The van der Waals surface area contributed by atoms with Gasteiger partial charge in [-0.1, -0.05) is 54.6 Å². The fraction of sp³-hybridized carbons (Fsp3) is 0.129. The van der Waals surface area contributed by atoms with Gasteiger partial charge in [0.2, 0.25) is 11.6 Å². The number of imidazole rings is 1. The Morgan fingerprint density at radius 1 is 0.621 bits per heavy atom. The number of nitrogens with two attached hydrogens (primary N) is 1. The molecule has 9 aromatic rings. The van der Waals surface area contributed by atoms with Crippen molar-refractivity contribution < 1.29 is 75.2 Å². The molecule has 0 aliphatic rings. The van der Waals surface area contributed by atoms with Gasteiger partial charge in [-0.25, -0.2) is 19.6 Å². The maximum absolute atomic E-state index is 14.4. The van der Waals surface area contributed by atoms with E-state index >= 15 is 0 Å². The van der Waals surface area contributed by atoms with Crippen molar-refractivity contribution in [3.63, 3.8) is 0 Å². The van der Waals surface area contributed by atoms with Crippen LogP contribution in [0.4, 0.5) is 36.1 Å². The number of esters is 2. The Morgan fingerprint density at radius 3 is 1.85 bits per heavy atom. The number of anilines is 3. The van der Waals surface area contributed by atoms with Crippen molar-refractivity contribution in [3.8, 4) is 11.5 Å². The van der Waals surface area contributed by atoms with Gasteiger partial charge in [0, 0.05) is 59.0 Å². The van der Waals surface area contributed by atoms with Gasteiger partial charge in [0.25, 0.3) is 23.6 Å². The fourth-order valence-electron chi connectivity index (χ4n) is 8.83. The van der Waals surface area contributed by atoms with Crippen LogP contribution in [-0.2, 0) is 30.4 Å². The number of hydrogen-bond acceptors (Lipinski definition) is 16. The molecule has 0 fully saturated rings. The van der Waals surface area contributed by atoms with Crippen molar-refractivity contribution in [1.82, 2.24) is 24.4 Å². The van der Waals surface area contributed by atoms with E-state index in [9.17, 15) is 51.5 Å². The van der Waals surface area contributed by atoms with Crippen molar-refractivity contribution in [3.05, 3.63) is 220 Å². The molecule has 0 spiro atoms. The lowest BCUT2D eigenvalue weighted by Gasteiger charge is -2.11. The SMILES string of the molecule is COC(=O)c1cc(C(=O)c2nc(NC(=O)c3cccc(OCC(=O)NCCNC(=O)COc4cccc(C(=O)Nc5c(C)c(C(=O)c6ccc(/N=C\OC(F)(F)F)c(C(=O)OCc7ccccc7)c6)n6ccccc56)c4)c3)c3ccccn23)ccc1N. The zero-order chi connectivity index (χ0) is 61.8. The number of ketones is 2. The quantitative estimate of drug-likeness (QED) is 0.0100. The lowest BCUT2D eigenvalue weighted by Crippen LogP contribution is -2.38. The number of halogens is 3. The first-order chi connectivity index (χ1) is 41.8. The summed E-state index contributed by atoms with van der Waals surface area (Å²) in [5, 5.41) is 10.8. The van der Waals surface area contributed by atoms with E-state index in [4.69, 9.17) is 24.7 Å². The number of alkyl halides is 3. The number of nitrogen functional groups attached to an aromatic ring is 1. The van der Waals surface area contributed by atoms with Crippen molar-refractivity contribution in [2.24, 2.45) is 4.99 Å². The molecule has 22 nitrogen and oxygen atoms in total. The molecule has 6 N–H and O–H groups in total. The largest absolute Gasteiger partial charge is 0.573 e. The summed E-state index contributed by atoms with van der Waals surface area (Å²) in [4.78, 5) is 115. The summed E-state index contributed by atoms with van der Waals surface area (Å²) in [5.41, 5.74) is 7.92. The second kappa shape index (κ2) is 26.7. The smallest absolute Gasteiger partial charge is 0.484 e. The van der Waals surface area contributed by atoms with E-state index in [1.165, 1.54) is 82.6 Å². The first-order valence-electron chi connectivity index (χ1n) is 26.2. The zero-order valence-electron chi connectivity index (χ0n) is 46.0. The third-order valence-electron chi connectivity index (χ3n) is 13.0. The molecular weight excluding hydrogens is 1140 g/mol. The van der Waals surface area contributed by atoms with Gasteiger partial charge in [0.1, 0.15) is 18.1 Å². The van der Waals surface area contributed by atoms with E-state index in [0.29, 0.717) is 22.2 Å². The lowest BCUT2D eigenvalue weighted by molar-refractivity contribution is -0.280. The molecule has 4 amide bonds. The molecule has 442 valence electrons. The van der Waals surface area contributed by atoms with Crippen LogP contribution in [0.3, 0.4) is 0 Å². The van der Waals surface area contributed by atoms with Gasteiger partial charge in [0.15, 0.2) is 31.3 Å². The Hall–Kier alpha value is -11.6. The summed E-state index contributed by atoms with van der Waals surface area (Å²) in [6, 6.07) is 38.4. The topological polar surface area (TPSA) is 291 Å². The van der Waals surface area contributed by atoms with E-state index in [1.54, 1.807) is 98.2 Å². The Bertz CT molecular complexity index is 4180. The number of carbonyl (C=O) groups is 8. The van der Waals surface area contributed by atoms with E-state index in [2.05, 4.69) is 36.0 Å². The van der Waals surface area contributed by atoms with E-state index < -0.39 is 66.7 Å². The predicted octanol–water partition coefficient (Wildman–Crippen LogP) is 8.47. The van der Waals surface area contributed by atoms with E-state index in [-0.39, 0.29) is 105 Å². The number of carbonyl (C=O) groups excluding carboxylic acids is 8. The van der Waals surface area contributed by atoms with Gasteiger partial charge >= 0.3 is 18.3 Å². The van der Waals surface area contributed by atoms with Crippen molar-refractivity contribution >= 4 is 87.4 Å².